The first-order valence-corrected chi connectivity index (χ1v) is 6.88. The summed E-state index contributed by atoms with van der Waals surface area (Å²) in [4.78, 5) is 0. The van der Waals surface area contributed by atoms with Crippen LogP contribution in [0, 0.1) is 11.8 Å². The van der Waals surface area contributed by atoms with Crippen molar-refractivity contribution < 1.29 is 0 Å². The summed E-state index contributed by atoms with van der Waals surface area (Å²) < 4.78 is 1.96. The Bertz CT molecular complexity index is 343. The Morgan fingerprint density at radius 3 is 2.82 bits per heavy atom. The van der Waals surface area contributed by atoms with Crippen LogP contribution in [0.15, 0.2) is 12.3 Å². The predicted molar refractivity (Wildman–Crippen MR) is 70.6 cm³/mol. The number of hydrogen-bond donors (Lipinski definition) is 1. The fourth-order valence-corrected chi connectivity index (χ4v) is 3.02. The molecule has 1 aromatic rings. The maximum absolute atomic E-state index is 4.21. The molecule has 3 heteroatoms. The first-order valence-electron chi connectivity index (χ1n) is 6.88. The molecule has 0 bridgehead atoms. The van der Waals surface area contributed by atoms with Gasteiger partial charge in [0, 0.05) is 25.8 Å². The van der Waals surface area contributed by atoms with Crippen LogP contribution in [0.4, 0.5) is 0 Å². The molecule has 2 atom stereocenters. The van der Waals surface area contributed by atoms with Crippen LogP contribution in [0.5, 0.6) is 0 Å². The van der Waals surface area contributed by atoms with Crippen LogP contribution in [0.1, 0.15) is 45.2 Å². The van der Waals surface area contributed by atoms with E-state index in [1.165, 1.54) is 31.4 Å². The smallest absolute Gasteiger partial charge is 0.0518 e. The third-order valence-electron chi connectivity index (χ3n) is 4.14. The highest BCUT2D eigenvalue weighted by Crippen LogP contribution is 2.30. The summed E-state index contributed by atoms with van der Waals surface area (Å²) >= 11 is 0. The van der Waals surface area contributed by atoms with E-state index < -0.39 is 0 Å². The third kappa shape index (κ3) is 3.09. The lowest BCUT2D eigenvalue weighted by Gasteiger charge is -2.35. The van der Waals surface area contributed by atoms with Gasteiger partial charge in [0.1, 0.15) is 0 Å². The molecule has 96 valence electrons. The average Bonchev–Trinajstić information content (AvgIpc) is 2.72. The number of nitrogens with one attached hydrogen (secondary N) is 1. The summed E-state index contributed by atoms with van der Waals surface area (Å²) in [6.45, 7) is 5.66. The summed E-state index contributed by atoms with van der Waals surface area (Å²) in [5.41, 5.74) is 1.28. The molecule has 3 nitrogen and oxygen atoms in total. The number of aryl methyl sites for hydroxylation is 1. The maximum Gasteiger partial charge on any atom is 0.0518 e. The van der Waals surface area contributed by atoms with Crippen LogP contribution in [-0.2, 0) is 13.6 Å². The van der Waals surface area contributed by atoms with Crippen molar-refractivity contribution in [2.45, 2.75) is 52.1 Å². The summed E-state index contributed by atoms with van der Waals surface area (Å²) in [6, 6.07) is 2.79. The third-order valence-corrected chi connectivity index (χ3v) is 4.14. The maximum atomic E-state index is 4.21. The van der Waals surface area contributed by atoms with Gasteiger partial charge in [-0.05, 0) is 30.7 Å². The van der Waals surface area contributed by atoms with Crippen molar-refractivity contribution in [1.82, 2.24) is 15.1 Å². The Labute approximate surface area is 105 Å². The van der Waals surface area contributed by atoms with Crippen LogP contribution in [-0.4, -0.2) is 15.8 Å². The SMILES string of the molecule is CC(C)C1CCCCC1NCc1ccnn1C. The van der Waals surface area contributed by atoms with E-state index >= 15 is 0 Å². The van der Waals surface area contributed by atoms with Gasteiger partial charge in [0.05, 0.1) is 5.69 Å². The van der Waals surface area contributed by atoms with E-state index in [9.17, 15) is 0 Å². The summed E-state index contributed by atoms with van der Waals surface area (Å²) in [6.07, 6.45) is 7.39. The van der Waals surface area contributed by atoms with Crippen molar-refractivity contribution in [3.05, 3.63) is 18.0 Å². The molecule has 1 fully saturated rings. The summed E-state index contributed by atoms with van der Waals surface area (Å²) in [5, 5.41) is 7.95. The van der Waals surface area contributed by atoms with Gasteiger partial charge in [0.25, 0.3) is 0 Å². The van der Waals surface area contributed by atoms with E-state index in [1.54, 1.807) is 0 Å². The second kappa shape index (κ2) is 5.67. The molecule has 2 rings (SSSR count). The predicted octanol–water partition coefficient (Wildman–Crippen LogP) is 2.72. The highest BCUT2D eigenvalue weighted by molar-refractivity contribution is 5.00. The molecule has 1 aliphatic carbocycles. The van der Waals surface area contributed by atoms with E-state index in [-0.39, 0.29) is 0 Å². The molecule has 0 saturated heterocycles. The monoisotopic (exact) mass is 235 g/mol. The minimum atomic E-state index is 0.693. The Kier molecular flexibility index (Phi) is 4.21. The van der Waals surface area contributed by atoms with Crippen LogP contribution < -0.4 is 5.32 Å². The Morgan fingerprint density at radius 2 is 2.18 bits per heavy atom. The lowest BCUT2D eigenvalue weighted by molar-refractivity contribution is 0.203. The van der Waals surface area contributed by atoms with Crippen LogP contribution >= 0.6 is 0 Å². The van der Waals surface area contributed by atoms with E-state index in [0.717, 1.165) is 18.4 Å². The molecule has 0 amide bonds. The number of rotatable bonds is 4. The molecule has 1 aromatic heterocycles. The lowest BCUT2D eigenvalue weighted by atomic mass is 9.78. The summed E-state index contributed by atoms with van der Waals surface area (Å²) in [5.74, 6) is 1.64. The number of aromatic nitrogens is 2. The summed E-state index contributed by atoms with van der Waals surface area (Å²) in [7, 11) is 2.01. The van der Waals surface area contributed by atoms with Crippen molar-refractivity contribution in [3.8, 4) is 0 Å². The van der Waals surface area contributed by atoms with Gasteiger partial charge in [-0.15, -0.1) is 0 Å². The molecule has 0 aliphatic heterocycles. The lowest BCUT2D eigenvalue weighted by Crippen LogP contribution is -2.40. The van der Waals surface area contributed by atoms with Crippen molar-refractivity contribution in [1.29, 1.82) is 0 Å². The molecular weight excluding hydrogens is 210 g/mol. The first kappa shape index (κ1) is 12.6. The van der Waals surface area contributed by atoms with Crippen LogP contribution in [0.25, 0.3) is 0 Å². The van der Waals surface area contributed by atoms with Gasteiger partial charge in [-0.2, -0.15) is 5.10 Å². The van der Waals surface area contributed by atoms with Crippen LogP contribution in [0.2, 0.25) is 0 Å². The van der Waals surface area contributed by atoms with Crippen molar-refractivity contribution in [2.24, 2.45) is 18.9 Å². The van der Waals surface area contributed by atoms with E-state index in [2.05, 4.69) is 30.3 Å². The number of nitrogens with zero attached hydrogens (tertiary/aromatic N) is 2. The minimum absolute atomic E-state index is 0.693. The molecule has 0 spiro atoms. The average molecular weight is 235 g/mol. The highest BCUT2D eigenvalue weighted by Gasteiger charge is 2.26. The number of hydrogen-bond acceptors (Lipinski definition) is 2. The van der Waals surface area contributed by atoms with Gasteiger partial charge in [-0.25, -0.2) is 0 Å². The van der Waals surface area contributed by atoms with Gasteiger partial charge in [0.2, 0.25) is 0 Å². The molecule has 2 unspecified atom stereocenters. The van der Waals surface area contributed by atoms with Gasteiger partial charge < -0.3 is 5.32 Å². The highest BCUT2D eigenvalue weighted by atomic mass is 15.3. The molecule has 0 aromatic carbocycles. The molecule has 1 heterocycles. The first-order chi connectivity index (χ1) is 8.18. The zero-order valence-corrected chi connectivity index (χ0v) is 11.3. The van der Waals surface area contributed by atoms with Gasteiger partial charge in [-0.3, -0.25) is 4.68 Å². The zero-order valence-electron chi connectivity index (χ0n) is 11.3. The molecule has 17 heavy (non-hydrogen) atoms. The Hall–Kier alpha value is -0.830. The largest absolute Gasteiger partial charge is 0.308 e. The molecule has 0 radical (unpaired) electrons. The van der Waals surface area contributed by atoms with E-state index in [4.69, 9.17) is 0 Å². The Morgan fingerprint density at radius 1 is 1.41 bits per heavy atom. The van der Waals surface area contributed by atoms with Crippen molar-refractivity contribution >= 4 is 0 Å². The van der Waals surface area contributed by atoms with Crippen LogP contribution in [0.3, 0.4) is 0 Å². The second-order valence-corrected chi connectivity index (χ2v) is 5.63. The minimum Gasteiger partial charge on any atom is -0.308 e. The molecule has 1 saturated carbocycles. The van der Waals surface area contributed by atoms with Gasteiger partial charge >= 0.3 is 0 Å². The van der Waals surface area contributed by atoms with Crippen molar-refractivity contribution in [2.75, 3.05) is 0 Å². The molecule has 1 aliphatic rings. The molecule has 1 N–H and O–H groups in total. The second-order valence-electron chi connectivity index (χ2n) is 5.63. The normalized spacial score (nSPS) is 25.4. The fraction of sp³-hybridized carbons (Fsp3) is 0.786. The van der Waals surface area contributed by atoms with Gasteiger partial charge in [-0.1, -0.05) is 26.7 Å². The topological polar surface area (TPSA) is 29.9 Å². The fourth-order valence-electron chi connectivity index (χ4n) is 3.02. The molecular formula is C14H25N3. The quantitative estimate of drug-likeness (QED) is 0.869. The zero-order chi connectivity index (χ0) is 12.3. The Balaban J connectivity index is 1.90. The van der Waals surface area contributed by atoms with E-state index in [1.807, 2.05) is 17.9 Å². The van der Waals surface area contributed by atoms with Crippen molar-refractivity contribution in [3.63, 3.8) is 0 Å². The van der Waals surface area contributed by atoms with Gasteiger partial charge in [0.15, 0.2) is 0 Å². The van der Waals surface area contributed by atoms with E-state index in [0.29, 0.717) is 6.04 Å². The standard InChI is InChI=1S/C14H25N3/c1-11(2)13-6-4-5-7-14(13)15-10-12-8-9-16-17(12)3/h8-9,11,13-15H,4-7,10H2,1-3H3.